The Labute approximate surface area is 120 Å². The fraction of sp³-hybridized carbons (Fsp3) is 0.667. The van der Waals surface area contributed by atoms with Gasteiger partial charge in [0, 0.05) is 31.5 Å². The molecule has 1 N–H and O–H groups in total. The molecule has 1 saturated carbocycles. The Balaban J connectivity index is 1.51. The van der Waals surface area contributed by atoms with E-state index in [0.29, 0.717) is 17.4 Å². The summed E-state index contributed by atoms with van der Waals surface area (Å²) in [5, 5.41) is 12.3. The molecule has 2 fully saturated rings. The van der Waals surface area contributed by atoms with E-state index in [-0.39, 0.29) is 0 Å². The van der Waals surface area contributed by atoms with Gasteiger partial charge in [-0.3, -0.25) is 0 Å². The van der Waals surface area contributed by atoms with Crippen molar-refractivity contribution in [3.8, 4) is 6.07 Å². The lowest BCUT2D eigenvalue weighted by molar-refractivity contribution is 0.238. The van der Waals surface area contributed by atoms with Gasteiger partial charge in [-0.1, -0.05) is 12.8 Å². The van der Waals surface area contributed by atoms with E-state index in [2.05, 4.69) is 26.3 Å². The number of likely N-dealkylation sites (tertiary alicyclic amines) is 1. The highest BCUT2D eigenvalue weighted by atomic mass is 15.2. The molecule has 2 aliphatic rings. The Kier molecular flexibility index (Phi) is 4.12. The van der Waals surface area contributed by atoms with E-state index in [4.69, 9.17) is 5.26 Å². The molecule has 106 valence electrons. The van der Waals surface area contributed by atoms with Gasteiger partial charge in [-0.25, -0.2) is 9.97 Å². The topological polar surface area (TPSA) is 64.8 Å². The van der Waals surface area contributed by atoms with Crippen molar-refractivity contribution in [3.63, 3.8) is 0 Å². The fourth-order valence-corrected chi connectivity index (χ4v) is 3.42. The summed E-state index contributed by atoms with van der Waals surface area (Å²) in [6, 6.07) is 2.90. The zero-order valence-electron chi connectivity index (χ0n) is 11.8. The van der Waals surface area contributed by atoms with E-state index >= 15 is 0 Å². The summed E-state index contributed by atoms with van der Waals surface area (Å²) >= 11 is 0. The lowest BCUT2D eigenvalue weighted by Crippen LogP contribution is -2.31. The quantitative estimate of drug-likeness (QED) is 0.907. The van der Waals surface area contributed by atoms with E-state index in [1.54, 1.807) is 12.4 Å². The zero-order chi connectivity index (χ0) is 13.8. The van der Waals surface area contributed by atoms with Crippen molar-refractivity contribution in [1.29, 1.82) is 5.26 Å². The lowest BCUT2D eigenvalue weighted by atomic mass is 10.1. The molecule has 20 heavy (non-hydrogen) atoms. The summed E-state index contributed by atoms with van der Waals surface area (Å²) in [5.41, 5.74) is 0.387. The van der Waals surface area contributed by atoms with Crippen LogP contribution in [0.2, 0.25) is 0 Å². The Bertz CT molecular complexity index is 489. The molecule has 0 aromatic carbocycles. The van der Waals surface area contributed by atoms with Crippen LogP contribution in [0.25, 0.3) is 0 Å². The van der Waals surface area contributed by atoms with E-state index in [9.17, 15) is 0 Å². The summed E-state index contributed by atoms with van der Waals surface area (Å²) in [4.78, 5) is 10.9. The van der Waals surface area contributed by atoms with Crippen LogP contribution < -0.4 is 5.32 Å². The highest BCUT2D eigenvalue weighted by Crippen LogP contribution is 2.28. The molecule has 5 nitrogen and oxygen atoms in total. The third kappa shape index (κ3) is 2.91. The molecule has 0 radical (unpaired) electrons. The van der Waals surface area contributed by atoms with Crippen LogP contribution in [0, 0.1) is 17.2 Å². The number of rotatable bonds is 4. The van der Waals surface area contributed by atoms with Gasteiger partial charge in [-0.15, -0.1) is 0 Å². The Hall–Kier alpha value is -1.67. The minimum Gasteiger partial charge on any atom is -0.367 e. The summed E-state index contributed by atoms with van der Waals surface area (Å²) in [7, 11) is 0. The highest BCUT2D eigenvalue weighted by molar-refractivity contribution is 5.46. The van der Waals surface area contributed by atoms with Gasteiger partial charge in [0.25, 0.3) is 0 Å². The molecule has 2 heterocycles. The van der Waals surface area contributed by atoms with Gasteiger partial charge in [0.15, 0.2) is 11.5 Å². The molecule has 1 aromatic rings. The molecular weight excluding hydrogens is 250 g/mol. The Morgan fingerprint density at radius 2 is 2.05 bits per heavy atom. The molecule has 1 saturated heterocycles. The van der Waals surface area contributed by atoms with Crippen LogP contribution in [-0.4, -0.2) is 40.5 Å². The van der Waals surface area contributed by atoms with Gasteiger partial charge in [0.1, 0.15) is 6.07 Å². The number of hydrogen-bond acceptors (Lipinski definition) is 5. The molecule has 5 heteroatoms. The fourth-order valence-electron chi connectivity index (χ4n) is 3.42. The molecule has 1 aliphatic carbocycles. The van der Waals surface area contributed by atoms with E-state index in [1.807, 2.05) is 0 Å². The van der Waals surface area contributed by atoms with Gasteiger partial charge in [0.05, 0.1) is 0 Å². The first-order chi connectivity index (χ1) is 9.86. The van der Waals surface area contributed by atoms with E-state index in [1.165, 1.54) is 45.2 Å². The number of nitrogens with one attached hydrogen (secondary N) is 1. The summed E-state index contributed by atoms with van der Waals surface area (Å²) < 4.78 is 0. The zero-order valence-corrected chi connectivity index (χ0v) is 11.8. The van der Waals surface area contributed by atoms with Crippen LogP contribution in [0.5, 0.6) is 0 Å². The molecule has 0 unspecified atom stereocenters. The summed E-state index contributed by atoms with van der Waals surface area (Å²) in [5.74, 6) is 1.28. The van der Waals surface area contributed by atoms with Crippen LogP contribution in [0.15, 0.2) is 12.4 Å². The molecule has 1 aliphatic heterocycles. The van der Waals surface area contributed by atoms with Crippen molar-refractivity contribution >= 4 is 5.82 Å². The van der Waals surface area contributed by atoms with Gasteiger partial charge in [0.2, 0.25) is 0 Å². The molecule has 0 bridgehead atoms. The van der Waals surface area contributed by atoms with Gasteiger partial charge in [-0.05, 0) is 31.7 Å². The SMILES string of the molecule is N#Cc1nccnc1NC[C@H]1CCN(C2CCCC2)C1. The molecule has 1 aromatic heterocycles. The van der Waals surface area contributed by atoms with Crippen LogP contribution in [0.4, 0.5) is 5.82 Å². The van der Waals surface area contributed by atoms with Crippen LogP contribution in [0.1, 0.15) is 37.8 Å². The first kappa shape index (κ1) is 13.3. The molecule has 3 rings (SSSR count). The monoisotopic (exact) mass is 271 g/mol. The number of anilines is 1. The Morgan fingerprint density at radius 3 is 2.85 bits per heavy atom. The second kappa shape index (κ2) is 6.19. The van der Waals surface area contributed by atoms with Crippen LogP contribution in [-0.2, 0) is 0 Å². The second-order valence-corrected chi connectivity index (χ2v) is 5.83. The minimum atomic E-state index is 0.387. The maximum Gasteiger partial charge on any atom is 0.182 e. The maximum atomic E-state index is 9.00. The van der Waals surface area contributed by atoms with Gasteiger partial charge in [-0.2, -0.15) is 5.26 Å². The lowest BCUT2D eigenvalue weighted by Gasteiger charge is -2.23. The van der Waals surface area contributed by atoms with E-state index in [0.717, 1.165) is 12.6 Å². The summed E-state index contributed by atoms with van der Waals surface area (Å²) in [6.07, 6.45) is 9.98. The largest absolute Gasteiger partial charge is 0.367 e. The number of aromatic nitrogens is 2. The normalized spacial score (nSPS) is 23.9. The average Bonchev–Trinajstić information content (AvgIpc) is 3.16. The van der Waals surface area contributed by atoms with Crippen LogP contribution >= 0.6 is 0 Å². The number of hydrogen-bond donors (Lipinski definition) is 1. The third-order valence-corrected chi connectivity index (χ3v) is 4.52. The average molecular weight is 271 g/mol. The van der Waals surface area contributed by atoms with E-state index < -0.39 is 0 Å². The predicted octanol–water partition coefficient (Wildman–Crippen LogP) is 2.02. The third-order valence-electron chi connectivity index (χ3n) is 4.52. The molecule has 0 amide bonds. The second-order valence-electron chi connectivity index (χ2n) is 5.83. The van der Waals surface area contributed by atoms with Crippen molar-refractivity contribution < 1.29 is 0 Å². The number of nitrogens with zero attached hydrogens (tertiary/aromatic N) is 4. The Morgan fingerprint density at radius 1 is 1.25 bits per heavy atom. The molecule has 0 spiro atoms. The smallest absolute Gasteiger partial charge is 0.182 e. The van der Waals surface area contributed by atoms with Crippen molar-refractivity contribution in [2.45, 2.75) is 38.1 Å². The van der Waals surface area contributed by atoms with Crippen molar-refractivity contribution in [3.05, 3.63) is 18.1 Å². The summed E-state index contributed by atoms with van der Waals surface area (Å²) in [6.45, 7) is 3.29. The highest BCUT2D eigenvalue weighted by Gasteiger charge is 2.29. The van der Waals surface area contributed by atoms with Crippen molar-refractivity contribution in [2.24, 2.45) is 5.92 Å². The predicted molar refractivity (Wildman–Crippen MR) is 77.2 cm³/mol. The van der Waals surface area contributed by atoms with Crippen LogP contribution in [0.3, 0.4) is 0 Å². The maximum absolute atomic E-state index is 9.00. The standard InChI is InChI=1S/C15H21N5/c16-9-14-15(18-7-6-17-14)19-10-12-5-8-20(11-12)13-3-1-2-4-13/h6-7,12-13H,1-5,8,10-11H2,(H,18,19)/t12-/m1/s1. The van der Waals surface area contributed by atoms with Gasteiger partial charge >= 0.3 is 0 Å². The molecular formula is C15H21N5. The number of nitriles is 1. The van der Waals surface area contributed by atoms with Crippen molar-refractivity contribution in [1.82, 2.24) is 14.9 Å². The minimum absolute atomic E-state index is 0.387. The van der Waals surface area contributed by atoms with Gasteiger partial charge < -0.3 is 10.2 Å². The van der Waals surface area contributed by atoms with Crippen molar-refractivity contribution in [2.75, 3.05) is 25.0 Å². The molecule has 1 atom stereocenters. The first-order valence-corrected chi connectivity index (χ1v) is 7.56. The first-order valence-electron chi connectivity index (χ1n) is 7.56.